The lowest BCUT2D eigenvalue weighted by Gasteiger charge is -2.21. The number of ether oxygens (including phenoxy) is 1. The van der Waals surface area contributed by atoms with E-state index >= 15 is 0 Å². The highest BCUT2D eigenvalue weighted by molar-refractivity contribution is 4.90. The molecule has 0 amide bonds. The molecule has 0 N–H and O–H groups in total. The molecule has 1 fully saturated rings. The summed E-state index contributed by atoms with van der Waals surface area (Å²) in [6.45, 7) is 0.578. The number of nitrogens with zero attached hydrogens (tertiary/aromatic N) is 4. The zero-order valence-corrected chi connectivity index (χ0v) is 8.57. The summed E-state index contributed by atoms with van der Waals surface area (Å²) in [4.78, 5) is 4.19. The molecular formula is C8H14F2N4O. The monoisotopic (exact) mass is 220 g/mol. The highest BCUT2D eigenvalue weighted by Crippen LogP contribution is 2.31. The molecule has 1 aliphatic rings. The maximum atomic E-state index is 13.1. The quantitative estimate of drug-likeness (QED) is 0.402. The number of azide groups is 1. The van der Waals surface area contributed by atoms with Crippen LogP contribution in [0.4, 0.5) is 8.78 Å². The number of halogens is 2. The Hall–Kier alpha value is -0.910. The summed E-state index contributed by atoms with van der Waals surface area (Å²) in [5.74, 6) is -2.65. The molecule has 15 heavy (non-hydrogen) atoms. The summed E-state index contributed by atoms with van der Waals surface area (Å²) >= 11 is 0. The van der Waals surface area contributed by atoms with Crippen LogP contribution in [0.15, 0.2) is 5.11 Å². The van der Waals surface area contributed by atoms with E-state index < -0.39 is 5.92 Å². The summed E-state index contributed by atoms with van der Waals surface area (Å²) in [7, 11) is 1.49. The van der Waals surface area contributed by atoms with Crippen molar-refractivity contribution < 1.29 is 13.5 Å². The second kappa shape index (κ2) is 5.25. The highest BCUT2D eigenvalue weighted by Gasteiger charge is 2.44. The molecule has 0 aromatic heterocycles. The zero-order chi connectivity index (χ0) is 11.3. The van der Waals surface area contributed by atoms with E-state index in [2.05, 4.69) is 10.0 Å². The van der Waals surface area contributed by atoms with E-state index in [-0.39, 0.29) is 32.2 Å². The Bertz CT molecular complexity index is 255. The first-order valence-electron chi connectivity index (χ1n) is 4.71. The van der Waals surface area contributed by atoms with Crippen LogP contribution >= 0.6 is 0 Å². The van der Waals surface area contributed by atoms with Crippen LogP contribution in [-0.2, 0) is 4.74 Å². The summed E-state index contributed by atoms with van der Waals surface area (Å²) in [5.41, 5.74) is 8.08. The van der Waals surface area contributed by atoms with Crippen LogP contribution in [0.5, 0.6) is 0 Å². The first kappa shape index (κ1) is 12.2. The van der Waals surface area contributed by atoms with Gasteiger partial charge in [0.2, 0.25) is 0 Å². The van der Waals surface area contributed by atoms with Crippen LogP contribution in [0.25, 0.3) is 10.4 Å². The number of hydrogen-bond acceptors (Lipinski definition) is 3. The average molecular weight is 220 g/mol. The van der Waals surface area contributed by atoms with Crippen molar-refractivity contribution in [2.45, 2.75) is 18.4 Å². The minimum atomic E-state index is -2.65. The summed E-state index contributed by atoms with van der Waals surface area (Å²) in [5, 5.41) is 3.33. The molecule has 0 spiro atoms. The summed E-state index contributed by atoms with van der Waals surface area (Å²) in [6, 6.07) is -0.279. The fraction of sp³-hybridized carbons (Fsp3) is 1.00. The topological polar surface area (TPSA) is 61.2 Å². The molecule has 0 aliphatic carbocycles. The predicted molar refractivity (Wildman–Crippen MR) is 50.8 cm³/mol. The van der Waals surface area contributed by atoms with Gasteiger partial charge in [0.15, 0.2) is 0 Å². The van der Waals surface area contributed by atoms with E-state index in [9.17, 15) is 8.78 Å². The van der Waals surface area contributed by atoms with E-state index in [0.29, 0.717) is 6.54 Å². The summed E-state index contributed by atoms with van der Waals surface area (Å²) < 4.78 is 31.0. The molecule has 1 heterocycles. The van der Waals surface area contributed by atoms with Crippen molar-refractivity contribution in [1.82, 2.24) is 4.90 Å². The van der Waals surface area contributed by atoms with Crippen LogP contribution in [0, 0.1) is 0 Å². The Balaban J connectivity index is 2.48. The second-order valence-corrected chi connectivity index (χ2v) is 3.59. The molecule has 0 radical (unpaired) electrons. The molecule has 86 valence electrons. The van der Waals surface area contributed by atoms with Gasteiger partial charge in [-0.2, -0.15) is 0 Å². The van der Waals surface area contributed by atoms with Gasteiger partial charge in [-0.1, -0.05) is 5.11 Å². The van der Waals surface area contributed by atoms with Crippen molar-refractivity contribution in [2.24, 2.45) is 5.11 Å². The Morgan fingerprint density at radius 2 is 2.40 bits per heavy atom. The van der Waals surface area contributed by atoms with Crippen molar-refractivity contribution in [3.8, 4) is 0 Å². The number of rotatable bonds is 5. The maximum Gasteiger partial charge on any atom is 0.262 e. The first-order valence-corrected chi connectivity index (χ1v) is 4.71. The standard InChI is InChI=1S/C8H14F2N4O/c1-15-5-7-4-8(9,10)6-14(7)3-2-12-13-11/h7H,2-6H2,1H3/t7-/m0/s1. The third-order valence-corrected chi connectivity index (χ3v) is 2.39. The molecule has 0 saturated carbocycles. The average Bonchev–Trinajstić information content (AvgIpc) is 2.42. The van der Waals surface area contributed by atoms with Crippen LogP contribution in [0.2, 0.25) is 0 Å². The van der Waals surface area contributed by atoms with Crippen LogP contribution in [-0.4, -0.2) is 50.2 Å². The molecule has 1 saturated heterocycles. The fourth-order valence-corrected chi connectivity index (χ4v) is 1.80. The normalized spacial score (nSPS) is 25.1. The van der Waals surface area contributed by atoms with Gasteiger partial charge < -0.3 is 4.74 Å². The predicted octanol–water partition coefficient (Wildman–Crippen LogP) is 1.65. The SMILES string of the molecule is COC[C@@H]1CC(F)(F)CN1CCN=[N+]=[N-]. The van der Waals surface area contributed by atoms with Crippen molar-refractivity contribution in [3.63, 3.8) is 0 Å². The van der Waals surface area contributed by atoms with Crippen LogP contribution < -0.4 is 0 Å². The van der Waals surface area contributed by atoms with Crippen LogP contribution in [0.3, 0.4) is 0 Å². The molecule has 0 aromatic carbocycles. The van der Waals surface area contributed by atoms with Crippen molar-refractivity contribution >= 4 is 0 Å². The minimum Gasteiger partial charge on any atom is -0.383 e. The third kappa shape index (κ3) is 3.62. The molecular weight excluding hydrogens is 206 g/mol. The van der Waals surface area contributed by atoms with Crippen molar-refractivity contribution in [3.05, 3.63) is 10.4 Å². The molecule has 5 nitrogen and oxygen atoms in total. The Kier molecular flexibility index (Phi) is 4.26. The number of likely N-dealkylation sites (tertiary alicyclic amines) is 1. The number of methoxy groups -OCH3 is 1. The fourth-order valence-electron chi connectivity index (χ4n) is 1.80. The van der Waals surface area contributed by atoms with Crippen molar-refractivity contribution in [2.75, 3.05) is 33.4 Å². The van der Waals surface area contributed by atoms with E-state index in [1.165, 1.54) is 7.11 Å². The molecule has 7 heteroatoms. The smallest absolute Gasteiger partial charge is 0.262 e. The van der Waals surface area contributed by atoms with E-state index in [4.69, 9.17) is 10.3 Å². The number of alkyl halides is 2. The lowest BCUT2D eigenvalue weighted by molar-refractivity contribution is 0.0119. The first-order chi connectivity index (χ1) is 7.09. The van der Waals surface area contributed by atoms with Gasteiger partial charge in [-0.15, -0.1) is 0 Å². The lowest BCUT2D eigenvalue weighted by Crippen LogP contribution is -2.35. The van der Waals surface area contributed by atoms with Gasteiger partial charge >= 0.3 is 0 Å². The molecule has 0 unspecified atom stereocenters. The largest absolute Gasteiger partial charge is 0.383 e. The van der Waals surface area contributed by atoms with Gasteiger partial charge in [-0.3, -0.25) is 4.90 Å². The second-order valence-electron chi connectivity index (χ2n) is 3.59. The zero-order valence-electron chi connectivity index (χ0n) is 8.57. The molecule has 1 aliphatic heterocycles. The van der Waals surface area contributed by atoms with E-state index in [1.54, 1.807) is 4.90 Å². The van der Waals surface area contributed by atoms with E-state index in [0.717, 1.165) is 0 Å². The van der Waals surface area contributed by atoms with Gasteiger partial charge in [0.05, 0.1) is 13.2 Å². The van der Waals surface area contributed by atoms with Crippen molar-refractivity contribution in [1.29, 1.82) is 0 Å². The van der Waals surface area contributed by atoms with Gasteiger partial charge in [0.25, 0.3) is 5.92 Å². The van der Waals surface area contributed by atoms with Gasteiger partial charge in [0, 0.05) is 37.6 Å². The maximum absolute atomic E-state index is 13.1. The highest BCUT2D eigenvalue weighted by atomic mass is 19.3. The molecule has 0 aromatic rings. The third-order valence-electron chi connectivity index (χ3n) is 2.39. The lowest BCUT2D eigenvalue weighted by atomic mass is 10.2. The molecule has 1 rings (SSSR count). The van der Waals surface area contributed by atoms with E-state index in [1.807, 2.05) is 0 Å². The van der Waals surface area contributed by atoms with Gasteiger partial charge in [-0.05, 0) is 5.53 Å². The Labute approximate surface area is 86.6 Å². The van der Waals surface area contributed by atoms with Gasteiger partial charge in [0.1, 0.15) is 0 Å². The minimum absolute atomic E-state index is 0.183. The van der Waals surface area contributed by atoms with Crippen LogP contribution in [0.1, 0.15) is 6.42 Å². The Morgan fingerprint density at radius 1 is 1.67 bits per heavy atom. The van der Waals surface area contributed by atoms with Gasteiger partial charge in [-0.25, -0.2) is 8.78 Å². The molecule has 1 atom stereocenters. The summed E-state index contributed by atoms with van der Waals surface area (Å²) in [6.07, 6.45) is -0.183. The molecule has 0 bridgehead atoms. The number of hydrogen-bond donors (Lipinski definition) is 0. The Morgan fingerprint density at radius 3 is 3.00 bits per heavy atom.